The van der Waals surface area contributed by atoms with Crippen LogP contribution in [0.5, 0.6) is 5.88 Å². The first-order valence-electron chi connectivity index (χ1n) is 8.30. The normalized spacial score (nSPS) is 10.6. The van der Waals surface area contributed by atoms with Crippen LogP contribution in [0.15, 0.2) is 24.3 Å². The van der Waals surface area contributed by atoms with E-state index < -0.39 is 4.92 Å². The van der Waals surface area contributed by atoms with Crippen LogP contribution < -0.4 is 10.1 Å². The Labute approximate surface area is 155 Å². The molecule has 0 saturated carbocycles. The predicted molar refractivity (Wildman–Crippen MR) is 99.6 cm³/mol. The van der Waals surface area contributed by atoms with E-state index in [1.54, 1.807) is 23.9 Å². The van der Waals surface area contributed by atoms with Crippen molar-refractivity contribution in [3.05, 3.63) is 51.2 Å². The van der Waals surface area contributed by atoms with E-state index in [0.717, 1.165) is 17.7 Å². The number of methoxy groups -OCH3 is 1. The first-order chi connectivity index (χ1) is 13.0. The SMILES string of the molecule is CCc1nn(C)c(OC)c1CNc1cc(C#N)c2cc([N+](=O)[O-])ccc2n1. The Bertz CT molecular complexity index is 1070. The number of nitrogens with one attached hydrogen (secondary N) is 1. The van der Waals surface area contributed by atoms with E-state index in [-0.39, 0.29) is 5.69 Å². The number of nitro benzene ring substituents is 1. The number of nitro groups is 1. The first kappa shape index (κ1) is 18.1. The quantitative estimate of drug-likeness (QED) is 0.526. The number of aromatic nitrogens is 3. The number of anilines is 1. The van der Waals surface area contributed by atoms with Crippen molar-refractivity contribution in [2.24, 2.45) is 7.05 Å². The van der Waals surface area contributed by atoms with Gasteiger partial charge in [-0.15, -0.1) is 0 Å². The number of aryl methyl sites for hydroxylation is 2. The zero-order chi connectivity index (χ0) is 19.6. The molecule has 138 valence electrons. The van der Waals surface area contributed by atoms with Gasteiger partial charge in [0.05, 0.1) is 40.4 Å². The number of non-ortho nitro benzene ring substituents is 1. The molecule has 3 rings (SSSR count). The fourth-order valence-electron chi connectivity index (χ4n) is 3.01. The summed E-state index contributed by atoms with van der Waals surface area (Å²) < 4.78 is 7.11. The van der Waals surface area contributed by atoms with E-state index in [1.807, 2.05) is 14.0 Å². The van der Waals surface area contributed by atoms with E-state index in [1.165, 1.54) is 12.1 Å². The number of nitriles is 1. The van der Waals surface area contributed by atoms with Gasteiger partial charge in [-0.1, -0.05) is 6.92 Å². The third-order valence-corrected chi connectivity index (χ3v) is 4.27. The molecule has 27 heavy (non-hydrogen) atoms. The van der Waals surface area contributed by atoms with Crippen molar-refractivity contribution in [3.63, 3.8) is 0 Å². The lowest BCUT2D eigenvalue weighted by Crippen LogP contribution is -2.05. The molecule has 1 N–H and O–H groups in total. The summed E-state index contributed by atoms with van der Waals surface area (Å²) in [5.41, 5.74) is 2.59. The molecular weight excluding hydrogens is 348 g/mol. The van der Waals surface area contributed by atoms with E-state index in [2.05, 4.69) is 21.5 Å². The van der Waals surface area contributed by atoms with Crippen molar-refractivity contribution in [1.82, 2.24) is 14.8 Å². The Balaban J connectivity index is 1.96. The van der Waals surface area contributed by atoms with Gasteiger partial charge in [0.2, 0.25) is 5.88 Å². The van der Waals surface area contributed by atoms with Gasteiger partial charge in [0.25, 0.3) is 5.69 Å². The molecule has 0 saturated heterocycles. The van der Waals surface area contributed by atoms with Gasteiger partial charge in [0.15, 0.2) is 0 Å². The van der Waals surface area contributed by atoms with Gasteiger partial charge in [-0.2, -0.15) is 10.4 Å². The second kappa shape index (κ2) is 7.29. The minimum Gasteiger partial charge on any atom is -0.481 e. The van der Waals surface area contributed by atoms with Gasteiger partial charge in [-0.05, 0) is 18.6 Å². The molecule has 0 fully saturated rings. The smallest absolute Gasteiger partial charge is 0.270 e. The molecular formula is C18H18N6O3. The van der Waals surface area contributed by atoms with Gasteiger partial charge in [-0.3, -0.25) is 10.1 Å². The molecule has 0 amide bonds. The molecule has 0 aliphatic heterocycles. The number of benzene rings is 1. The molecule has 0 unspecified atom stereocenters. The summed E-state index contributed by atoms with van der Waals surface area (Å²) in [6, 6.07) is 7.95. The number of pyridine rings is 1. The van der Waals surface area contributed by atoms with Crippen LogP contribution in [0.3, 0.4) is 0 Å². The van der Waals surface area contributed by atoms with Gasteiger partial charge >= 0.3 is 0 Å². The molecule has 2 aromatic heterocycles. The number of hydrogen-bond donors (Lipinski definition) is 1. The van der Waals surface area contributed by atoms with Crippen molar-refractivity contribution in [2.45, 2.75) is 19.9 Å². The average Bonchev–Trinajstić information content (AvgIpc) is 2.99. The highest BCUT2D eigenvalue weighted by Crippen LogP contribution is 2.27. The van der Waals surface area contributed by atoms with Crippen LogP contribution in [0.1, 0.15) is 23.7 Å². The summed E-state index contributed by atoms with van der Waals surface area (Å²) in [6.07, 6.45) is 0.756. The molecule has 0 spiro atoms. The third kappa shape index (κ3) is 3.37. The molecule has 9 nitrogen and oxygen atoms in total. The van der Waals surface area contributed by atoms with Gasteiger partial charge in [0, 0.05) is 31.1 Å². The standard InChI is InChI=1S/C18H18N6O3/c1-4-15-14(18(27-3)23(2)22-15)10-20-17-7-11(9-19)13-8-12(24(25)26)5-6-16(13)21-17/h5-8H,4,10H2,1-3H3,(H,20,21). The van der Waals surface area contributed by atoms with E-state index in [9.17, 15) is 15.4 Å². The maximum atomic E-state index is 11.0. The second-order valence-electron chi connectivity index (χ2n) is 5.89. The zero-order valence-corrected chi connectivity index (χ0v) is 15.2. The van der Waals surface area contributed by atoms with Gasteiger partial charge in [-0.25, -0.2) is 9.67 Å². The molecule has 0 aliphatic carbocycles. The van der Waals surface area contributed by atoms with Crippen LogP contribution in [0.2, 0.25) is 0 Å². The van der Waals surface area contributed by atoms with Crippen molar-refractivity contribution in [1.29, 1.82) is 5.26 Å². The molecule has 0 atom stereocenters. The van der Waals surface area contributed by atoms with E-state index >= 15 is 0 Å². The Morgan fingerprint density at radius 3 is 2.81 bits per heavy atom. The summed E-state index contributed by atoms with van der Waals surface area (Å²) in [4.78, 5) is 14.9. The fraction of sp³-hybridized carbons (Fsp3) is 0.278. The monoisotopic (exact) mass is 366 g/mol. The summed E-state index contributed by atoms with van der Waals surface area (Å²) in [7, 11) is 3.41. The van der Waals surface area contributed by atoms with Crippen molar-refractivity contribution in [3.8, 4) is 11.9 Å². The van der Waals surface area contributed by atoms with Gasteiger partial charge in [0.1, 0.15) is 5.82 Å². The molecule has 0 bridgehead atoms. The average molecular weight is 366 g/mol. The second-order valence-corrected chi connectivity index (χ2v) is 5.89. The van der Waals surface area contributed by atoms with Crippen LogP contribution in [0, 0.1) is 21.4 Å². The lowest BCUT2D eigenvalue weighted by atomic mass is 10.1. The third-order valence-electron chi connectivity index (χ3n) is 4.27. The molecule has 2 heterocycles. The molecule has 0 aliphatic rings. The zero-order valence-electron chi connectivity index (χ0n) is 15.2. The van der Waals surface area contributed by atoms with Crippen LogP contribution in [-0.4, -0.2) is 26.8 Å². The fourth-order valence-corrected chi connectivity index (χ4v) is 3.01. The Hall–Kier alpha value is -3.67. The van der Waals surface area contributed by atoms with Crippen molar-refractivity contribution in [2.75, 3.05) is 12.4 Å². The van der Waals surface area contributed by atoms with E-state index in [4.69, 9.17) is 4.74 Å². The van der Waals surface area contributed by atoms with Crippen LogP contribution >= 0.6 is 0 Å². The number of rotatable bonds is 6. The molecule has 1 aromatic carbocycles. The molecule has 9 heteroatoms. The highest BCUT2D eigenvalue weighted by Gasteiger charge is 2.16. The molecule has 0 radical (unpaired) electrons. The van der Waals surface area contributed by atoms with Crippen LogP contribution in [0.25, 0.3) is 10.9 Å². The minimum atomic E-state index is -0.492. The van der Waals surface area contributed by atoms with Gasteiger partial charge < -0.3 is 10.1 Å². The maximum absolute atomic E-state index is 11.0. The largest absolute Gasteiger partial charge is 0.481 e. The predicted octanol–water partition coefficient (Wildman–Crippen LogP) is 2.93. The van der Waals surface area contributed by atoms with Crippen molar-refractivity contribution < 1.29 is 9.66 Å². The maximum Gasteiger partial charge on any atom is 0.270 e. The number of nitrogens with zero attached hydrogens (tertiary/aromatic N) is 5. The highest BCUT2D eigenvalue weighted by molar-refractivity contribution is 5.88. The number of ether oxygens (including phenoxy) is 1. The van der Waals surface area contributed by atoms with Crippen LogP contribution in [0.4, 0.5) is 11.5 Å². The van der Waals surface area contributed by atoms with Crippen molar-refractivity contribution >= 4 is 22.4 Å². The minimum absolute atomic E-state index is 0.0748. The summed E-state index contributed by atoms with van der Waals surface area (Å²) in [5, 5.41) is 28.5. The number of hydrogen-bond acceptors (Lipinski definition) is 7. The lowest BCUT2D eigenvalue weighted by molar-refractivity contribution is -0.384. The first-order valence-corrected chi connectivity index (χ1v) is 8.30. The summed E-state index contributed by atoms with van der Waals surface area (Å²) in [6.45, 7) is 2.44. The summed E-state index contributed by atoms with van der Waals surface area (Å²) in [5.74, 6) is 1.16. The topological polar surface area (TPSA) is 119 Å². The Morgan fingerprint density at radius 1 is 1.41 bits per heavy atom. The van der Waals surface area contributed by atoms with E-state index in [0.29, 0.717) is 34.7 Å². The summed E-state index contributed by atoms with van der Waals surface area (Å²) >= 11 is 0. The number of fused-ring (bicyclic) bond motifs is 1. The Morgan fingerprint density at radius 2 is 2.19 bits per heavy atom. The van der Waals surface area contributed by atoms with Crippen LogP contribution in [-0.2, 0) is 20.0 Å². The molecule has 3 aromatic rings. The lowest BCUT2D eigenvalue weighted by Gasteiger charge is -2.10. The highest BCUT2D eigenvalue weighted by atomic mass is 16.6. The Kier molecular flexibility index (Phi) is 4.90.